The molecule has 7 heterocycles. The molecule has 2 aromatic carbocycles. The van der Waals surface area contributed by atoms with Crippen LogP contribution >= 0.6 is 0 Å². The number of rotatable bonds is 30. The van der Waals surface area contributed by atoms with Crippen molar-refractivity contribution in [3.8, 4) is 11.3 Å². The minimum atomic E-state index is -2.48. The average Bonchev–Trinajstić information content (AvgIpc) is 1.68. The van der Waals surface area contributed by atoms with Crippen LogP contribution in [-0.4, -0.2) is 241 Å². The lowest BCUT2D eigenvalue weighted by atomic mass is 9.78. The average molecular weight is 1660 g/mol. The number of aliphatic hydroxyl groups excluding tert-OH is 1. The number of aromatic nitrogens is 5. The van der Waals surface area contributed by atoms with Crippen LogP contribution in [0.4, 0.5) is 11.8 Å². The number of nitrogen functional groups attached to an aromatic ring is 2. The van der Waals surface area contributed by atoms with E-state index >= 15 is 0 Å². The van der Waals surface area contributed by atoms with Gasteiger partial charge in [0.05, 0.1) is 83.1 Å². The van der Waals surface area contributed by atoms with Gasteiger partial charge in [-0.1, -0.05) is 89.3 Å². The van der Waals surface area contributed by atoms with Crippen molar-refractivity contribution in [3.05, 3.63) is 107 Å². The van der Waals surface area contributed by atoms with Crippen molar-refractivity contribution in [2.45, 2.75) is 225 Å². The molecular formula is C89H125N9O21. The molecule has 4 aliphatic heterocycles. The second kappa shape index (κ2) is 45.4. The lowest BCUT2D eigenvalue weighted by molar-refractivity contribution is -0.265. The molecule has 30 heteroatoms. The summed E-state index contributed by atoms with van der Waals surface area (Å²) >= 11 is 0. The third-order valence-electron chi connectivity index (χ3n) is 23.8. The maximum atomic E-state index is 14.8. The number of allylic oxidation sites excluding steroid dienone is 6. The van der Waals surface area contributed by atoms with Crippen LogP contribution in [0, 0.1) is 35.5 Å². The fourth-order valence-corrected chi connectivity index (χ4v) is 16.8. The van der Waals surface area contributed by atoms with Crippen molar-refractivity contribution in [3.63, 3.8) is 0 Å². The number of piperidine rings is 1. The maximum Gasteiger partial charge on any atom is 0.329 e. The molecule has 2 bridgehead atoms. The van der Waals surface area contributed by atoms with Crippen LogP contribution < -0.4 is 11.5 Å². The molecule has 6 N–H and O–H groups in total. The molecule has 3 fully saturated rings. The Morgan fingerprint density at radius 1 is 0.739 bits per heavy atom. The Labute approximate surface area is 697 Å². The molecule has 5 aromatic rings. The first kappa shape index (κ1) is 92.8. The molecule has 0 radical (unpaired) electrons. The monoisotopic (exact) mass is 1660 g/mol. The number of anilines is 2. The molecule has 0 unspecified atom stereocenters. The lowest BCUT2D eigenvalue weighted by Gasteiger charge is -2.42. The zero-order valence-electron chi connectivity index (χ0n) is 70.9. The molecule has 2 amide bonds. The standard InChI is InChI=1S/C89H125N9O21/c1-55-18-12-11-13-19-56(2)73(108-8)50-67-28-23-61(7)89(107,119-67)83(104)86(105)97-32-15-14-20-69(97)87(106)117-74(51-70(99)57(3)45-60(6)81(103)82(110-10)80(102)59(5)44-55)58(4)46-62-25-29-72(75(48-62)109-9)116-77(101)22-17-35-112-37-39-114-41-43-115-42-40-113-38-36-111-34-16-21-76(100)96-33-31-64-47-63(24-26-66(64)53-96)52-98-85-78(84(90)92-54-93-85)79(95-98)65-27-30-71-68(49-65)94-88(91)118-71/h11-13,18-19,24,26-27,30,45,47,49,54-55,57-59,61-62,67,69,72-75,81-82,103,107H,14-17,20-23,25,28-29,31-44,46,48,50-53H2,1-10H3,(H2,91,94)(H2,90,92,93)/b13-11+,18-12+,56-19+,60-45+/t55-,57-,58-,59-,61-,62+,67+,69+,72-,73+,74+,75-,81-,82+,89-/m1/s1. The predicted octanol–water partition coefficient (Wildman–Crippen LogP) is 10.1. The Kier molecular flexibility index (Phi) is 35.4. The molecule has 3 aromatic heterocycles. The summed E-state index contributed by atoms with van der Waals surface area (Å²) in [5.74, 6) is -8.55. The van der Waals surface area contributed by atoms with E-state index in [1.165, 1.54) is 23.9 Å². The van der Waals surface area contributed by atoms with Crippen LogP contribution in [0.1, 0.15) is 168 Å². The number of esters is 2. The molecule has 15 atom stereocenters. The second-order valence-corrected chi connectivity index (χ2v) is 32.7. The third-order valence-corrected chi connectivity index (χ3v) is 23.8. The van der Waals surface area contributed by atoms with E-state index in [0.29, 0.717) is 202 Å². The van der Waals surface area contributed by atoms with Gasteiger partial charge in [-0.3, -0.25) is 28.8 Å². The first-order valence-corrected chi connectivity index (χ1v) is 42.4. The number of methoxy groups -OCH3 is 3. The number of hydrogen-bond acceptors (Lipinski definition) is 27. The van der Waals surface area contributed by atoms with Gasteiger partial charge in [0, 0.05) is 103 Å². The second-order valence-electron chi connectivity index (χ2n) is 32.7. The zero-order valence-corrected chi connectivity index (χ0v) is 70.9. The molecule has 0 spiro atoms. The largest absolute Gasteiger partial charge is 0.460 e. The third kappa shape index (κ3) is 25.5. The van der Waals surface area contributed by atoms with E-state index in [2.05, 4.69) is 33.2 Å². The van der Waals surface area contributed by atoms with Crippen molar-refractivity contribution in [1.29, 1.82) is 0 Å². The van der Waals surface area contributed by atoms with Crippen LogP contribution in [0.3, 0.4) is 0 Å². The highest BCUT2D eigenvalue weighted by atomic mass is 16.6. The van der Waals surface area contributed by atoms with Crippen LogP contribution in [-0.2, 0) is 105 Å². The Morgan fingerprint density at radius 2 is 1.45 bits per heavy atom. The van der Waals surface area contributed by atoms with Crippen molar-refractivity contribution in [1.82, 2.24) is 34.5 Å². The highest BCUT2D eigenvalue weighted by Crippen LogP contribution is 2.40. The lowest BCUT2D eigenvalue weighted by Crippen LogP contribution is -2.61. The Hall–Kier alpha value is -8.53. The van der Waals surface area contributed by atoms with Gasteiger partial charge in [-0.05, 0) is 161 Å². The van der Waals surface area contributed by atoms with E-state index < -0.39 is 95.9 Å². The van der Waals surface area contributed by atoms with Crippen molar-refractivity contribution >= 4 is 75.1 Å². The van der Waals surface area contributed by atoms with E-state index in [-0.39, 0.29) is 73.5 Å². The number of benzene rings is 2. The first-order valence-electron chi connectivity index (χ1n) is 42.4. The molecule has 5 aliphatic rings. The number of ether oxygens (including phenoxy) is 11. The van der Waals surface area contributed by atoms with Gasteiger partial charge >= 0.3 is 11.9 Å². The van der Waals surface area contributed by atoms with Crippen molar-refractivity contribution in [2.24, 2.45) is 35.5 Å². The smallest absolute Gasteiger partial charge is 0.329 e. The van der Waals surface area contributed by atoms with Crippen LogP contribution in [0.15, 0.2) is 94.7 Å². The fraction of sp³-hybridized carbons (Fsp3) is 0.629. The number of fused-ring (bicyclic) bond motifs is 6. The van der Waals surface area contributed by atoms with Crippen LogP contribution in [0.5, 0.6) is 0 Å². The number of amides is 2. The SMILES string of the molecule is CO[C@H]1C[C@@H]2CC[C@@H](C)[C@@](O)(O2)C(=O)C(=O)N2CCCC[C@H]2C(=O)O[C@H]([C@H](C)C[C@@H]2CC[C@@H](OC(=O)CCCOCCOCCOCCOCCOCCCC(=O)N3CCc4cc(Cn5nc(-c6ccc7oc(N)nc7c6)c6c(N)ncnc65)ccc4C3)[C@H](OC)C2)CC(=O)[C@H](C)/C=C(\C)[C@@H](O)[C@@H](OC)C(=O)[C@H](C)C[C@H](C)/C=C/C=C/C=C/1C. The summed E-state index contributed by atoms with van der Waals surface area (Å²) in [6, 6.07) is 10.7. The van der Waals surface area contributed by atoms with Gasteiger partial charge in [-0.15, -0.1) is 0 Å². The molecule has 30 nitrogen and oxygen atoms in total. The minimum absolute atomic E-state index is 0.00475. The molecule has 10 rings (SSSR count). The summed E-state index contributed by atoms with van der Waals surface area (Å²) in [7, 11) is 4.51. The number of nitrogens with zero attached hydrogens (tertiary/aromatic N) is 7. The van der Waals surface area contributed by atoms with Gasteiger partial charge in [-0.2, -0.15) is 10.1 Å². The highest BCUT2D eigenvalue weighted by molar-refractivity contribution is 6.39. The number of aliphatic hydroxyl groups is 2. The van der Waals surface area contributed by atoms with E-state index in [1.54, 1.807) is 54.1 Å². The Bertz CT molecular complexity index is 4350. The molecule has 119 heavy (non-hydrogen) atoms. The molecule has 652 valence electrons. The van der Waals surface area contributed by atoms with Crippen molar-refractivity contribution in [2.75, 3.05) is 112 Å². The van der Waals surface area contributed by atoms with Crippen LogP contribution in [0.2, 0.25) is 0 Å². The minimum Gasteiger partial charge on any atom is -0.460 e. The number of oxazole rings is 1. The van der Waals surface area contributed by atoms with Gasteiger partial charge in [0.15, 0.2) is 17.0 Å². The maximum absolute atomic E-state index is 14.8. The summed E-state index contributed by atoms with van der Waals surface area (Å²) < 4.78 is 71.9. The normalized spacial score (nSPS) is 28.0. The molecular weight excluding hydrogens is 1530 g/mol. The number of cyclic esters (lactones) is 1. The molecule has 1 aliphatic carbocycles. The Morgan fingerprint density at radius 3 is 2.16 bits per heavy atom. The van der Waals surface area contributed by atoms with Gasteiger partial charge in [0.2, 0.25) is 11.7 Å². The quantitative estimate of drug-likeness (QED) is 0.0144. The molecule has 1 saturated carbocycles. The zero-order chi connectivity index (χ0) is 85.3. The summed E-state index contributed by atoms with van der Waals surface area (Å²) in [5.41, 5.74) is 19.9. The van der Waals surface area contributed by atoms with Gasteiger partial charge in [-0.25, -0.2) is 19.4 Å². The van der Waals surface area contributed by atoms with E-state index in [1.807, 2.05) is 72.9 Å². The van der Waals surface area contributed by atoms with Crippen LogP contribution in [0.25, 0.3) is 33.4 Å². The number of Topliss-reactive ketones (excluding diaryl/α,β-unsaturated/α-hetero) is 3. The summed E-state index contributed by atoms with van der Waals surface area (Å²) in [4.78, 5) is 115. The number of carbonyl (C=O) groups excluding carboxylic acids is 7. The summed E-state index contributed by atoms with van der Waals surface area (Å²) in [6.45, 7) is 18.0. The molecule has 2 saturated heterocycles. The van der Waals surface area contributed by atoms with Crippen molar-refractivity contribution < 1.29 is 100 Å². The highest BCUT2D eigenvalue weighted by Gasteiger charge is 2.53. The van der Waals surface area contributed by atoms with Gasteiger partial charge < -0.3 is 88.0 Å². The predicted molar refractivity (Wildman–Crippen MR) is 443 cm³/mol. The topological polar surface area (TPSA) is 390 Å². The fourth-order valence-electron chi connectivity index (χ4n) is 16.8. The first-order chi connectivity index (χ1) is 57.3. The number of hydrogen-bond donors (Lipinski definition) is 4. The number of nitrogens with two attached hydrogens (primary N) is 2. The number of carbonyl (C=O) groups is 7. The Balaban J connectivity index is 0.603. The van der Waals surface area contributed by atoms with E-state index in [4.69, 9.17) is 73.1 Å². The van der Waals surface area contributed by atoms with Gasteiger partial charge in [0.1, 0.15) is 59.6 Å². The van der Waals surface area contributed by atoms with Gasteiger partial charge in [0.25, 0.3) is 17.7 Å². The summed E-state index contributed by atoms with van der Waals surface area (Å²) in [5, 5.41) is 29.4. The number of ketones is 3. The summed E-state index contributed by atoms with van der Waals surface area (Å²) in [6.07, 6.45) is 14.0. The van der Waals surface area contributed by atoms with E-state index in [0.717, 1.165) is 28.7 Å². The van der Waals surface area contributed by atoms with E-state index in [9.17, 15) is 43.8 Å².